The van der Waals surface area contributed by atoms with Gasteiger partial charge in [-0.2, -0.15) is 91.8 Å². The van der Waals surface area contributed by atoms with E-state index in [-0.39, 0.29) is 0 Å². The van der Waals surface area contributed by atoms with Gasteiger partial charge in [0.05, 0.1) is 0 Å². The zero-order chi connectivity index (χ0) is 32.8. The Morgan fingerprint density at radius 3 is 1.05 bits per heavy atom. The Labute approximate surface area is 206 Å². The van der Waals surface area contributed by atoms with Crippen molar-refractivity contribution in [2.24, 2.45) is 0 Å². The quantitative estimate of drug-likeness (QED) is 0.231. The average Bonchev–Trinajstić information content (AvgIpc) is 2.77. The number of hydrogen-bond donors (Lipinski definition) is 1. The van der Waals surface area contributed by atoms with Gasteiger partial charge in [-0.1, -0.05) is 6.07 Å². The smallest absolute Gasteiger partial charge is 0.281 e. The van der Waals surface area contributed by atoms with E-state index in [2.05, 4.69) is 4.98 Å². The second-order valence-electron chi connectivity index (χ2n) is 6.99. The lowest BCUT2D eigenvalue weighted by Gasteiger charge is -2.43. The number of hydrogen-bond acceptors (Lipinski definition) is 3. The maximum Gasteiger partial charge on any atom is 0.438 e. The van der Waals surface area contributed by atoms with Crippen LogP contribution in [0.15, 0.2) is 30.6 Å². The number of aromatic nitrogens is 1. The van der Waals surface area contributed by atoms with Gasteiger partial charge in [0.25, 0.3) is 6.17 Å². The standard InChI is InChI=1S/C10H2F20O3S.C5H5N/c11-1(3(14,15)16)2(12,13)4(17,18)5(19,20)6(21,22)7(23,24)8(25,26)9(27,28)10(29,30)34(31,32)33;1-2-4-6-5-3-1/h1H,(H,31,32,33);1-5H. The second kappa shape index (κ2) is 10.5. The van der Waals surface area contributed by atoms with Gasteiger partial charge in [0.2, 0.25) is 0 Å². The molecule has 1 rings (SSSR count). The number of pyridine rings is 1. The van der Waals surface area contributed by atoms with E-state index in [0.717, 1.165) is 0 Å². The van der Waals surface area contributed by atoms with E-state index in [0.29, 0.717) is 0 Å². The summed E-state index contributed by atoms with van der Waals surface area (Å²) in [6, 6.07) is 5.72. The topological polar surface area (TPSA) is 67.3 Å². The first-order chi connectivity index (χ1) is 17.2. The molecule has 236 valence electrons. The third kappa shape index (κ3) is 5.57. The fourth-order valence-corrected chi connectivity index (χ4v) is 2.47. The number of nitrogens with zero attached hydrogens (tertiary/aromatic N) is 1. The highest BCUT2D eigenvalue weighted by Crippen LogP contribution is 2.65. The van der Waals surface area contributed by atoms with Gasteiger partial charge in [-0.15, -0.1) is 0 Å². The van der Waals surface area contributed by atoms with Crippen molar-refractivity contribution in [3.05, 3.63) is 30.6 Å². The molecular weight excluding hydrogens is 654 g/mol. The third-order valence-corrected chi connectivity index (χ3v) is 5.16. The van der Waals surface area contributed by atoms with Crippen molar-refractivity contribution < 1.29 is 101 Å². The second-order valence-corrected chi connectivity index (χ2v) is 8.45. The predicted molar refractivity (Wildman–Crippen MR) is 86.3 cm³/mol. The molecule has 1 atom stereocenters. The van der Waals surface area contributed by atoms with Gasteiger partial charge >= 0.3 is 63.0 Å². The summed E-state index contributed by atoms with van der Waals surface area (Å²) >= 11 is 0. The van der Waals surface area contributed by atoms with Crippen molar-refractivity contribution >= 4 is 10.1 Å². The molecule has 25 heteroatoms. The summed E-state index contributed by atoms with van der Waals surface area (Å²) in [5, 5.41) is -7.99. The summed E-state index contributed by atoms with van der Waals surface area (Å²) in [5.41, 5.74) is 0. The van der Waals surface area contributed by atoms with Crippen LogP contribution in [0, 0.1) is 0 Å². The van der Waals surface area contributed by atoms with Gasteiger partial charge in [-0.25, -0.2) is 4.39 Å². The van der Waals surface area contributed by atoms with Crippen LogP contribution in [-0.4, -0.2) is 77.0 Å². The van der Waals surface area contributed by atoms with E-state index < -0.39 is 69.2 Å². The highest BCUT2D eigenvalue weighted by atomic mass is 32.2. The fraction of sp³-hybridized carbons (Fsp3) is 0.667. The van der Waals surface area contributed by atoms with E-state index in [1.54, 1.807) is 12.4 Å². The maximum absolute atomic E-state index is 13.3. The molecule has 40 heavy (non-hydrogen) atoms. The lowest BCUT2D eigenvalue weighted by Crippen LogP contribution is -2.76. The third-order valence-electron chi connectivity index (χ3n) is 4.25. The Balaban J connectivity index is 0.00000221. The monoisotopic (exact) mass is 661 g/mol. The summed E-state index contributed by atoms with van der Waals surface area (Å²) in [6.07, 6.45) is -10.5. The molecule has 1 N–H and O–H groups in total. The zero-order valence-corrected chi connectivity index (χ0v) is 18.5. The Bertz CT molecular complexity index is 1080. The van der Waals surface area contributed by atoms with Crippen molar-refractivity contribution in [1.29, 1.82) is 0 Å². The molecule has 1 heterocycles. The summed E-state index contributed by atoms with van der Waals surface area (Å²) in [6.45, 7) is 0. The highest BCUT2D eigenvalue weighted by Gasteiger charge is 2.96. The number of halogens is 20. The first kappa shape index (κ1) is 37.7. The average molecular weight is 661 g/mol. The molecule has 0 bridgehead atoms. The molecule has 0 amide bonds. The molecule has 0 aliphatic carbocycles. The normalized spacial score (nSPS) is 16.2. The Hall–Kier alpha value is -2.34. The minimum atomic E-state index is -9.19. The van der Waals surface area contributed by atoms with Gasteiger partial charge in [-0.05, 0) is 12.1 Å². The summed E-state index contributed by atoms with van der Waals surface area (Å²) < 4.78 is 286. The molecule has 1 aromatic rings. The fourth-order valence-electron chi connectivity index (χ4n) is 2.02. The minimum Gasteiger partial charge on any atom is -0.281 e. The Morgan fingerprint density at radius 2 is 0.825 bits per heavy atom. The van der Waals surface area contributed by atoms with Gasteiger partial charge in [0.15, 0.2) is 0 Å². The minimum absolute atomic E-state index is 1.75. The first-order valence-corrected chi connectivity index (χ1v) is 10.1. The van der Waals surface area contributed by atoms with Crippen LogP contribution in [-0.2, 0) is 10.1 Å². The molecule has 0 aliphatic heterocycles. The summed E-state index contributed by atoms with van der Waals surface area (Å²) in [5.74, 6) is -62.1. The molecular formula is C15H7F20NO3S. The summed E-state index contributed by atoms with van der Waals surface area (Å²) in [4.78, 5) is 3.78. The lowest BCUT2D eigenvalue weighted by atomic mass is 9.88. The maximum atomic E-state index is 13.3. The number of rotatable bonds is 9. The molecule has 0 saturated carbocycles. The molecule has 1 unspecified atom stereocenters. The van der Waals surface area contributed by atoms with Crippen molar-refractivity contribution in [2.75, 3.05) is 0 Å². The van der Waals surface area contributed by atoms with Crippen LogP contribution in [0.25, 0.3) is 0 Å². The first-order valence-electron chi connectivity index (χ1n) is 8.71. The van der Waals surface area contributed by atoms with Crippen LogP contribution in [0.4, 0.5) is 87.8 Å². The molecule has 0 aromatic carbocycles. The van der Waals surface area contributed by atoms with E-state index in [1.807, 2.05) is 18.2 Å². The predicted octanol–water partition coefficient (Wildman–Crippen LogP) is 6.90. The van der Waals surface area contributed by atoms with Crippen LogP contribution < -0.4 is 0 Å². The van der Waals surface area contributed by atoms with Crippen LogP contribution in [0.2, 0.25) is 0 Å². The molecule has 0 fully saturated rings. The highest BCUT2D eigenvalue weighted by molar-refractivity contribution is 7.87. The van der Waals surface area contributed by atoms with Crippen LogP contribution in [0.5, 0.6) is 0 Å². The number of alkyl halides is 20. The molecule has 0 spiro atoms. The lowest BCUT2D eigenvalue weighted by molar-refractivity contribution is -0.455. The summed E-state index contributed by atoms with van der Waals surface area (Å²) in [7, 11) is -8.04. The van der Waals surface area contributed by atoms with E-state index in [4.69, 9.17) is 4.55 Å². The van der Waals surface area contributed by atoms with Gasteiger partial charge in [0, 0.05) is 12.4 Å². The molecule has 0 aliphatic rings. The van der Waals surface area contributed by atoms with Crippen molar-refractivity contribution in [1.82, 2.24) is 4.98 Å². The van der Waals surface area contributed by atoms with Crippen molar-refractivity contribution in [3.63, 3.8) is 0 Å². The molecule has 1 aromatic heterocycles. The van der Waals surface area contributed by atoms with Gasteiger partial charge in [-0.3, -0.25) is 9.54 Å². The van der Waals surface area contributed by atoms with Crippen molar-refractivity contribution in [3.8, 4) is 0 Å². The zero-order valence-electron chi connectivity index (χ0n) is 17.6. The molecule has 0 radical (unpaired) electrons. The Kier molecular flexibility index (Phi) is 9.88. The SMILES string of the molecule is O=S(=O)(O)C(F)(F)C(F)(F)C(F)(F)C(F)(F)C(F)(F)C(F)(F)C(F)(F)C(F)(F)C(F)C(F)(F)F.c1ccncc1. The van der Waals surface area contributed by atoms with E-state index in [9.17, 15) is 96.2 Å². The van der Waals surface area contributed by atoms with Crippen molar-refractivity contribution in [2.45, 2.75) is 59.1 Å². The Morgan fingerprint density at radius 1 is 0.525 bits per heavy atom. The molecule has 0 saturated heterocycles. The van der Waals surface area contributed by atoms with Gasteiger partial charge in [0.1, 0.15) is 0 Å². The van der Waals surface area contributed by atoms with Crippen LogP contribution in [0.1, 0.15) is 0 Å². The van der Waals surface area contributed by atoms with Gasteiger partial charge < -0.3 is 0 Å². The van der Waals surface area contributed by atoms with E-state index in [1.165, 1.54) is 0 Å². The van der Waals surface area contributed by atoms with Crippen LogP contribution >= 0.6 is 0 Å². The van der Waals surface area contributed by atoms with E-state index >= 15 is 0 Å². The molecule has 4 nitrogen and oxygen atoms in total. The van der Waals surface area contributed by atoms with Crippen LogP contribution in [0.3, 0.4) is 0 Å². The largest absolute Gasteiger partial charge is 0.438 e.